The zero-order chi connectivity index (χ0) is 7.56. The van der Waals surface area contributed by atoms with E-state index in [0.29, 0.717) is 0 Å². The standard InChI is InChI=1S/C6H4ClFOS/c7-10-5-3-1-2-4(9)6(5)8/h1-3,9H. The summed E-state index contributed by atoms with van der Waals surface area (Å²) in [6.07, 6.45) is 0. The Balaban J connectivity index is 3.14. The molecule has 0 unspecified atom stereocenters. The highest BCUT2D eigenvalue weighted by atomic mass is 35.7. The molecular weight excluding hydrogens is 175 g/mol. The minimum atomic E-state index is -0.664. The molecule has 0 bridgehead atoms. The van der Waals surface area contributed by atoms with Crippen molar-refractivity contribution in [3.05, 3.63) is 24.0 Å². The van der Waals surface area contributed by atoms with Gasteiger partial charge in [0.25, 0.3) is 0 Å². The number of aromatic hydroxyl groups is 1. The number of halogens is 2. The predicted octanol–water partition coefficient (Wildman–Crippen LogP) is 2.78. The molecule has 0 aliphatic carbocycles. The van der Waals surface area contributed by atoms with Gasteiger partial charge in [0.15, 0.2) is 11.6 Å². The summed E-state index contributed by atoms with van der Waals surface area (Å²) < 4.78 is 12.6. The minimum absolute atomic E-state index is 0.238. The first-order valence-corrected chi connectivity index (χ1v) is 4.16. The second kappa shape index (κ2) is 3.12. The van der Waals surface area contributed by atoms with Crippen LogP contribution in [0.1, 0.15) is 0 Å². The van der Waals surface area contributed by atoms with Crippen molar-refractivity contribution in [2.45, 2.75) is 4.90 Å². The predicted molar refractivity (Wildman–Crippen MR) is 39.8 cm³/mol. The Hall–Kier alpha value is -0.410. The molecule has 1 nitrogen and oxygen atoms in total. The van der Waals surface area contributed by atoms with E-state index >= 15 is 0 Å². The molecule has 0 atom stereocenters. The minimum Gasteiger partial charge on any atom is -0.505 e. The molecule has 1 N–H and O–H groups in total. The van der Waals surface area contributed by atoms with E-state index in [4.69, 9.17) is 15.8 Å². The van der Waals surface area contributed by atoms with Crippen LogP contribution in [0.2, 0.25) is 0 Å². The van der Waals surface area contributed by atoms with Crippen molar-refractivity contribution in [1.82, 2.24) is 0 Å². The van der Waals surface area contributed by atoms with Crippen LogP contribution in [0.5, 0.6) is 5.75 Å². The van der Waals surface area contributed by atoms with Crippen LogP contribution in [0.4, 0.5) is 4.39 Å². The lowest BCUT2D eigenvalue weighted by Gasteiger charge is -1.97. The van der Waals surface area contributed by atoms with Crippen LogP contribution in [0.3, 0.4) is 0 Å². The van der Waals surface area contributed by atoms with Gasteiger partial charge in [0.05, 0.1) is 4.90 Å². The summed E-state index contributed by atoms with van der Waals surface area (Å²) >= 11 is 0. The van der Waals surface area contributed by atoms with E-state index in [1.807, 2.05) is 0 Å². The van der Waals surface area contributed by atoms with E-state index in [1.165, 1.54) is 18.2 Å². The molecule has 0 heterocycles. The molecule has 0 amide bonds. The molecule has 0 saturated heterocycles. The summed E-state index contributed by atoms with van der Waals surface area (Å²) in [6.45, 7) is 0. The first-order valence-electron chi connectivity index (χ1n) is 2.52. The summed E-state index contributed by atoms with van der Waals surface area (Å²) in [7, 11) is 6.02. The lowest BCUT2D eigenvalue weighted by Crippen LogP contribution is -1.77. The Morgan fingerprint density at radius 3 is 2.70 bits per heavy atom. The molecule has 10 heavy (non-hydrogen) atoms. The number of phenolic OH excluding ortho intramolecular Hbond substituents is 1. The SMILES string of the molecule is Oc1cccc(SCl)c1F. The fourth-order valence-corrected chi connectivity index (χ4v) is 1.22. The van der Waals surface area contributed by atoms with E-state index in [9.17, 15) is 4.39 Å². The molecule has 1 rings (SSSR count). The number of hydrogen-bond acceptors (Lipinski definition) is 2. The molecule has 0 aliphatic rings. The molecule has 0 fully saturated rings. The maximum Gasteiger partial charge on any atom is 0.179 e. The highest BCUT2D eigenvalue weighted by Gasteiger charge is 2.04. The lowest BCUT2D eigenvalue weighted by molar-refractivity contribution is 0.425. The smallest absolute Gasteiger partial charge is 0.179 e. The summed E-state index contributed by atoms with van der Waals surface area (Å²) in [5.74, 6) is -1.03. The highest BCUT2D eigenvalue weighted by molar-refractivity contribution is 8.21. The Morgan fingerprint density at radius 1 is 1.50 bits per heavy atom. The quantitative estimate of drug-likeness (QED) is 0.714. The number of phenols is 1. The Labute approximate surface area is 66.3 Å². The molecular formula is C6H4ClFOS. The van der Waals surface area contributed by atoms with Crippen LogP contribution in [-0.2, 0) is 0 Å². The van der Waals surface area contributed by atoms with E-state index < -0.39 is 5.82 Å². The molecule has 0 aliphatic heterocycles. The molecule has 54 valence electrons. The average Bonchev–Trinajstić information content (AvgIpc) is 1.95. The largest absolute Gasteiger partial charge is 0.505 e. The van der Waals surface area contributed by atoms with Gasteiger partial charge in [0.2, 0.25) is 0 Å². The van der Waals surface area contributed by atoms with Crippen molar-refractivity contribution in [3.8, 4) is 5.75 Å². The number of hydrogen-bond donors (Lipinski definition) is 1. The zero-order valence-electron chi connectivity index (χ0n) is 4.84. The third-order valence-corrected chi connectivity index (χ3v) is 2.01. The fourth-order valence-electron chi connectivity index (χ4n) is 0.559. The maximum absolute atomic E-state index is 12.6. The van der Waals surface area contributed by atoms with Crippen molar-refractivity contribution in [1.29, 1.82) is 0 Å². The van der Waals surface area contributed by atoms with Crippen molar-refractivity contribution < 1.29 is 9.50 Å². The molecule has 0 saturated carbocycles. The third kappa shape index (κ3) is 1.36. The van der Waals surface area contributed by atoms with Crippen LogP contribution < -0.4 is 0 Å². The van der Waals surface area contributed by atoms with Crippen LogP contribution in [0.15, 0.2) is 23.1 Å². The molecule has 1 aromatic carbocycles. The molecule has 0 spiro atoms. The zero-order valence-corrected chi connectivity index (χ0v) is 6.42. The molecule has 1 aromatic rings. The van der Waals surface area contributed by atoms with Gasteiger partial charge < -0.3 is 5.11 Å². The van der Waals surface area contributed by atoms with Gasteiger partial charge in [-0.25, -0.2) is 4.39 Å². The molecule has 0 aromatic heterocycles. The van der Waals surface area contributed by atoms with Crippen LogP contribution in [-0.4, -0.2) is 5.11 Å². The Kier molecular flexibility index (Phi) is 2.40. The van der Waals surface area contributed by atoms with Crippen LogP contribution in [0, 0.1) is 5.82 Å². The fraction of sp³-hybridized carbons (Fsp3) is 0. The van der Waals surface area contributed by atoms with Gasteiger partial charge in [-0.3, -0.25) is 0 Å². The lowest BCUT2D eigenvalue weighted by atomic mass is 10.3. The maximum atomic E-state index is 12.6. The second-order valence-electron chi connectivity index (χ2n) is 1.67. The van der Waals surface area contributed by atoms with Crippen molar-refractivity contribution in [3.63, 3.8) is 0 Å². The molecule has 0 radical (unpaired) electrons. The van der Waals surface area contributed by atoms with Gasteiger partial charge in [-0.15, -0.1) is 0 Å². The van der Waals surface area contributed by atoms with Gasteiger partial charge in [-0.05, 0) is 33.8 Å². The Bertz CT molecular complexity index is 241. The van der Waals surface area contributed by atoms with Gasteiger partial charge in [-0.2, -0.15) is 0 Å². The van der Waals surface area contributed by atoms with Gasteiger partial charge in [0.1, 0.15) is 0 Å². The van der Waals surface area contributed by atoms with Crippen LogP contribution >= 0.6 is 21.7 Å². The van der Waals surface area contributed by atoms with Gasteiger partial charge in [-0.1, -0.05) is 6.07 Å². The Morgan fingerprint density at radius 2 is 2.20 bits per heavy atom. The molecule has 4 heteroatoms. The first-order chi connectivity index (χ1) is 4.75. The normalized spacial score (nSPS) is 9.80. The van der Waals surface area contributed by atoms with E-state index in [-0.39, 0.29) is 10.6 Å². The van der Waals surface area contributed by atoms with E-state index in [2.05, 4.69) is 0 Å². The van der Waals surface area contributed by atoms with Crippen molar-refractivity contribution in [2.75, 3.05) is 0 Å². The van der Waals surface area contributed by atoms with E-state index in [1.54, 1.807) is 0 Å². The first kappa shape index (κ1) is 7.69. The topological polar surface area (TPSA) is 20.2 Å². The summed E-state index contributed by atoms with van der Waals surface area (Å²) in [4.78, 5) is 0.238. The van der Waals surface area contributed by atoms with Gasteiger partial charge >= 0.3 is 0 Å². The van der Waals surface area contributed by atoms with Crippen molar-refractivity contribution in [2.24, 2.45) is 0 Å². The highest BCUT2D eigenvalue weighted by Crippen LogP contribution is 2.29. The van der Waals surface area contributed by atoms with E-state index in [0.717, 1.165) is 11.0 Å². The average molecular weight is 179 g/mol. The van der Waals surface area contributed by atoms with Crippen LogP contribution in [0.25, 0.3) is 0 Å². The summed E-state index contributed by atoms with van der Waals surface area (Å²) in [5, 5.41) is 8.78. The third-order valence-electron chi connectivity index (χ3n) is 1.03. The summed E-state index contributed by atoms with van der Waals surface area (Å²) in [5.41, 5.74) is 0. The van der Waals surface area contributed by atoms with Gasteiger partial charge in [0, 0.05) is 0 Å². The monoisotopic (exact) mass is 178 g/mol. The number of benzene rings is 1. The summed E-state index contributed by atoms with van der Waals surface area (Å²) in [6, 6.07) is 4.29. The van der Waals surface area contributed by atoms with Crippen molar-refractivity contribution >= 4 is 21.7 Å². The second-order valence-corrected chi connectivity index (χ2v) is 2.72. The number of rotatable bonds is 1.